The van der Waals surface area contributed by atoms with Crippen LogP contribution in [0.25, 0.3) is 0 Å². The summed E-state index contributed by atoms with van der Waals surface area (Å²) in [6.45, 7) is 6.35. The molecule has 1 aromatic rings. The molecule has 1 saturated heterocycles. The molecule has 3 amide bonds. The number of nitrogens with one attached hydrogen (secondary N) is 2. The van der Waals surface area contributed by atoms with E-state index >= 15 is 0 Å². The molecule has 138 valence electrons. The third kappa shape index (κ3) is 6.19. The summed E-state index contributed by atoms with van der Waals surface area (Å²) < 4.78 is 19.1. The highest BCUT2D eigenvalue weighted by Gasteiger charge is 2.26. The summed E-state index contributed by atoms with van der Waals surface area (Å²) in [6, 6.07) is 3.91. The largest absolute Gasteiger partial charge is 0.444 e. The van der Waals surface area contributed by atoms with Crippen LogP contribution in [-0.4, -0.2) is 41.8 Å². The number of hydrogen-bond donors (Lipinski definition) is 2. The first-order valence-corrected chi connectivity index (χ1v) is 8.94. The molecular formula is C17H23BrFN3O3. The molecule has 1 aromatic carbocycles. The van der Waals surface area contributed by atoms with Crippen molar-refractivity contribution in [2.75, 3.05) is 18.4 Å². The van der Waals surface area contributed by atoms with Crippen molar-refractivity contribution in [3.63, 3.8) is 0 Å². The minimum absolute atomic E-state index is 0.170. The molecule has 25 heavy (non-hydrogen) atoms. The Morgan fingerprint density at radius 2 is 2.08 bits per heavy atom. The number of alkyl carbamates (subject to hydrolysis) is 1. The van der Waals surface area contributed by atoms with E-state index in [2.05, 4.69) is 26.6 Å². The summed E-state index contributed by atoms with van der Waals surface area (Å²) in [6.07, 6.45) is 1.05. The fourth-order valence-corrected chi connectivity index (χ4v) is 2.78. The molecule has 0 unspecified atom stereocenters. The monoisotopic (exact) mass is 415 g/mol. The van der Waals surface area contributed by atoms with Gasteiger partial charge in [-0.25, -0.2) is 14.0 Å². The molecule has 0 bridgehead atoms. The minimum Gasteiger partial charge on any atom is -0.444 e. The Hall–Kier alpha value is -1.83. The van der Waals surface area contributed by atoms with Crippen LogP contribution in [0.15, 0.2) is 22.7 Å². The molecule has 0 radical (unpaired) electrons. The average molecular weight is 416 g/mol. The van der Waals surface area contributed by atoms with Crippen molar-refractivity contribution < 1.29 is 18.7 Å². The maximum Gasteiger partial charge on any atom is 0.407 e. The van der Waals surface area contributed by atoms with Crippen LogP contribution in [0.3, 0.4) is 0 Å². The lowest BCUT2D eigenvalue weighted by Crippen LogP contribution is -2.51. The van der Waals surface area contributed by atoms with E-state index in [-0.39, 0.29) is 12.1 Å². The van der Waals surface area contributed by atoms with Gasteiger partial charge in [-0.3, -0.25) is 0 Å². The van der Waals surface area contributed by atoms with E-state index in [0.29, 0.717) is 23.2 Å². The van der Waals surface area contributed by atoms with Gasteiger partial charge in [-0.05, 0) is 67.7 Å². The Bertz CT molecular complexity index is 649. The van der Waals surface area contributed by atoms with E-state index in [4.69, 9.17) is 4.74 Å². The average Bonchev–Trinajstić information content (AvgIpc) is 2.49. The topological polar surface area (TPSA) is 70.7 Å². The van der Waals surface area contributed by atoms with Gasteiger partial charge < -0.3 is 20.3 Å². The van der Waals surface area contributed by atoms with Crippen molar-refractivity contribution >= 4 is 33.7 Å². The number of amides is 3. The Balaban J connectivity index is 1.90. The quantitative estimate of drug-likeness (QED) is 0.763. The summed E-state index contributed by atoms with van der Waals surface area (Å²) in [5.41, 5.74) is -0.186. The lowest BCUT2D eigenvalue weighted by atomic mass is 10.1. The SMILES string of the molecule is CC(C)(C)OC(=O)N[C@@H]1CCCN(C(=O)Nc2ccc(Br)c(F)c2)C1. The molecule has 6 nitrogen and oxygen atoms in total. The van der Waals surface area contributed by atoms with Crippen molar-refractivity contribution in [2.45, 2.75) is 45.3 Å². The van der Waals surface area contributed by atoms with Gasteiger partial charge in [0.15, 0.2) is 0 Å². The normalized spacial score (nSPS) is 17.8. The first-order chi connectivity index (χ1) is 11.6. The minimum atomic E-state index is -0.568. The van der Waals surface area contributed by atoms with Gasteiger partial charge in [0.2, 0.25) is 0 Å². The van der Waals surface area contributed by atoms with Gasteiger partial charge in [-0.2, -0.15) is 0 Å². The zero-order valence-electron chi connectivity index (χ0n) is 14.6. The molecule has 1 heterocycles. The lowest BCUT2D eigenvalue weighted by molar-refractivity contribution is 0.0480. The fraction of sp³-hybridized carbons (Fsp3) is 0.529. The maximum absolute atomic E-state index is 13.5. The van der Waals surface area contributed by atoms with Crippen molar-refractivity contribution in [3.05, 3.63) is 28.5 Å². The molecule has 2 rings (SSSR count). The molecule has 0 aliphatic carbocycles. The number of anilines is 1. The number of carbonyl (C=O) groups excluding carboxylic acids is 2. The lowest BCUT2D eigenvalue weighted by Gasteiger charge is -2.33. The molecule has 0 aromatic heterocycles. The third-order valence-electron chi connectivity index (χ3n) is 3.60. The van der Waals surface area contributed by atoms with Gasteiger partial charge in [0.05, 0.1) is 4.47 Å². The Labute approximate surface area is 155 Å². The Kier molecular flexibility index (Phi) is 6.26. The van der Waals surface area contributed by atoms with Gasteiger partial charge in [0, 0.05) is 24.8 Å². The second kappa shape index (κ2) is 8.03. The van der Waals surface area contributed by atoms with E-state index in [0.717, 1.165) is 12.8 Å². The van der Waals surface area contributed by atoms with Crippen molar-refractivity contribution in [3.8, 4) is 0 Å². The Morgan fingerprint density at radius 1 is 1.36 bits per heavy atom. The number of ether oxygens (including phenoxy) is 1. The van der Waals surface area contributed by atoms with Crippen LogP contribution in [0.5, 0.6) is 0 Å². The number of nitrogens with zero attached hydrogens (tertiary/aromatic N) is 1. The first-order valence-electron chi connectivity index (χ1n) is 8.14. The number of hydrogen-bond acceptors (Lipinski definition) is 3. The van der Waals surface area contributed by atoms with Crippen LogP contribution in [0.1, 0.15) is 33.6 Å². The van der Waals surface area contributed by atoms with Crippen molar-refractivity contribution in [2.24, 2.45) is 0 Å². The van der Waals surface area contributed by atoms with Crippen LogP contribution in [0, 0.1) is 5.82 Å². The van der Waals surface area contributed by atoms with Crippen LogP contribution in [-0.2, 0) is 4.74 Å². The number of halogens is 2. The van der Waals surface area contributed by atoms with Gasteiger partial charge in [0.25, 0.3) is 0 Å². The molecule has 1 fully saturated rings. The third-order valence-corrected chi connectivity index (χ3v) is 4.24. The summed E-state index contributed by atoms with van der Waals surface area (Å²) in [7, 11) is 0. The van der Waals surface area contributed by atoms with Crippen molar-refractivity contribution in [1.82, 2.24) is 10.2 Å². The first kappa shape index (κ1) is 19.5. The predicted octanol–water partition coefficient (Wildman–Crippen LogP) is 4.11. The second-order valence-corrected chi connectivity index (χ2v) is 7.84. The fourth-order valence-electron chi connectivity index (χ4n) is 2.53. The number of urea groups is 1. The zero-order valence-corrected chi connectivity index (χ0v) is 16.2. The molecular weight excluding hydrogens is 393 g/mol. The van der Waals surface area contributed by atoms with Crippen LogP contribution in [0.2, 0.25) is 0 Å². The van der Waals surface area contributed by atoms with E-state index in [1.54, 1.807) is 31.7 Å². The molecule has 1 aliphatic rings. The summed E-state index contributed by atoms with van der Waals surface area (Å²) in [5.74, 6) is -0.444. The van der Waals surface area contributed by atoms with Crippen LogP contribution >= 0.6 is 15.9 Å². The molecule has 1 aliphatic heterocycles. The van der Waals surface area contributed by atoms with Gasteiger partial charge in [-0.1, -0.05) is 0 Å². The smallest absolute Gasteiger partial charge is 0.407 e. The highest BCUT2D eigenvalue weighted by molar-refractivity contribution is 9.10. The van der Waals surface area contributed by atoms with Crippen LogP contribution in [0.4, 0.5) is 19.7 Å². The number of benzene rings is 1. The molecule has 8 heteroatoms. The highest BCUT2D eigenvalue weighted by Crippen LogP contribution is 2.20. The van der Waals surface area contributed by atoms with E-state index < -0.39 is 17.5 Å². The summed E-state index contributed by atoms with van der Waals surface area (Å²) >= 11 is 3.07. The second-order valence-electron chi connectivity index (χ2n) is 6.99. The standard InChI is InChI=1S/C17H23BrFN3O3/c1-17(2,3)25-16(24)21-12-5-4-8-22(10-12)15(23)20-11-6-7-13(18)14(19)9-11/h6-7,9,12H,4-5,8,10H2,1-3H3,(H,20,23)(H,21,24)/t12-/m1/s1. The van der Waals surface area contributed by atoms with E-state index in [1.807, 2.05) is 0 Å². The van der Waals surface area contributed by atoms with Gasteiger partial charge >= 0.3 is 12.1 Å². The predicted molar refractivity (Wildman–Crippen MR) is 97.1 cm³/mol. The van der Waals surface area contributed by atoms with Gasteiger partial charge in [0.1, 0.15) is 11.4 Å². The Morgan fingerprint density at radius 3 is 2.72 bits per heavy atom. The summed E-state index contributed by atoms with van der Waals surface area (Å²) in [4.78, 5) is 25.8. The zero-order chi connectivity index (χ0) is 18.6. The molecule has 0 saturated carbocycles. The molecule has 0 spiro atoms. The van der Waals surface area contributed by atoms with Crippen molar-refractivity contribution in [1.29, 1.82) is 0 Å². The number of piperidine rings is 1. The van der Waals surface area contributed by atoms with Crippen LogP contribution < -0.4 is 10.6 Å². The van der Waals surface area contributed by atoms with E-state index in [9.17, 15) is 14.0 Å². The van der Waals surface area contributed by atoms with Gasteiger partial charge in [-0.15, -0.1) is 0 Å². The van der Waals surface area contributed by atoms with E-state index in [1.165, 1.54) is 12.1 Å². The molecule has 1 atom stereocenters. The number of carbonyl (C=O) groups is 2. The summed E-state index contributed by atoms with van der Waals surface area (Å²) in [5, 5.41) is 5.47. The number of rotatable bonds is 2. The maximum atomic E-state index is 13.5. The highest BCUT2D eigenvalue weighted by atomic mass is 79.9. The molecule has 2 N–H and O–H groups in total. The number of likely N-dealkylation sites (tertiary alicyclic amines) is 1.